The molecule has 1 heterocycles. The molecule has 1 fully saturated rings. The molecule has 0 aromatic heterocycles. The Morgan fingerprint density at radius 1 is 1.05 bits per heavy atom. The molecule has 202 valence electrons. The second-order valence-electron chi connectivity index (χ2n) is 8.59. The van der Waals surface area contributed by atoms with E-state index >= 15 is 0 Å². The molecule has 0 saturated carbocycles. The number of hydrogen-bond donors (Lipinski definition) is 1. The smallest absolute Gasteiger partial charge is 0.338 e. The van der Waals surface area contributed by atoms with Gasteiger partial charge in [0.1, 0.15) is 11.0 Å². The van der Waals surface area contributed by atoms with Gasteiger partial charge in [0, 0.05) is 13.0 Å². The van der Waals surface area contributed by atoms with Crippen LogP contribution in [0.1, 0.15) is 29.3 Å². The highest BCUT2D eigenvalue weighted by molar-refractivity contribution is 8.15. The quantitative estimate of drug-likeness (QED) is 0.315. The van der Waals surface area contributed by atoms with Gasteiger partial charge in [-0.15, -0.1) is 0 Å². The third-order valence-electron chi connectivity index (χ3n) is 5.93. The van der Waals surface area contributed by atoms with E-state index in [2.05, 4.69) is 5.32 Å². The van der Waals surface area contributed by atoms with Gasteiger partial charge >= 0.3 is 5.97 Å². The Morgan fingerprint density at radius 3 is 2.44 bits per heavy atom. The van der Waals surface area contributed by atoms with Crippen molar-refractivity contribution in [3.05, 3.63) is 88.9 Å². The second-order valence-corrected chi connectivity index (χ2v) is 10.2. The summed E-state index contributed by atoms with van der Waals surface area (Å²) >= 11 is 7.41. The minimum atomic E-state index is -0.638. The Balaban J connectivity index is 1.52. The molecular weight excluding hydrogens is 538 g/mol. The van der Waals surface area contributed by atoms with E-state index in [0.717, 1.165) is 11.3 Å². The highest BCUT2D eigenvalue weighted by Gasteiger charge is 2.39. The van der Waals surface area contributed by atoms with E-state index in [4.69, 9.17) is 26.1 Å². The average Bonchev–Trinajstić information content (AvgIpc) is 3.22. The van der Waals surface area contributed by atoms with E-state index < -0.39 is 11.2 Å². The first-order chi connectivity index (χ1) is 18.9. The van der Waals surface area contributed by atoms with Gasteiger partial charge in [0.05, 0.1) is 35.7 Å². The van der Waals surface area contributed by atoms with Gasteiger partial charge in [-0.3, -0.25) is 14.5 Å². The lowest BCUT2D eigenvalue weighted by molar-refractivity contribution is -0.128. The van der Waals surface area contributed by atoms with Crippen LogP contribution < -0.4 is 10.1 Å². The number of halogens is 1. The Labute approximate surface area is 236 Å². The number of ether oxygens (including phenoxy) is 2. The van der Waals surface area contributed by atoms with Gasteiger partial charge in [0.2, 0.25) is 11.8 Å². The maximum atomic E-state index is 13.4. The molecule has 3 aromatic carbocycles. The molecule has 0 radical (unpaired) electrons. The molecule has 39 heavy (non-hydrogen) atoms. The molecule has 1 aliphatic rings. The normalized spacial score (nSPS) is 15.9. The number of benzene rings is 3. The number of carbonyl (C=O) groups excluding carboxylic acids is 3. The summed E-state index contributed by atoms with van der Waals surface area (Å²) in [5.74, 6) is -0.161. The number of amides is 2. The van der Waals surface area contributed by atoms with Crippen molar-refractivity contribution >= 4 is 57.7 Å². The predicted molar refractivity (Wildman–Crippen MR) is 154 cm³/mol. The van der Waals surface area contributed by atoms with E-state index in [-0.39, 0.29) is 24.8 Å². The maximum Gasteiger partial charge on any atom is 0.338 e. The molecule has 3 aromatic rings. The van der Waals surface area contributed by atoms with Crippen LogP contribution in [0.5, 0.6) is 5.75 Å². The van der Waals surface area contributed by atoms with Crippen molar-refractivity contribution < 1.29 is 23.9 Å². The Morgan fingerprint density at radius 2 is 1.77 bits per heavy atom. The van der Waals surface area contributed by atoms with Crippen molar-refractivity contribution in [2.24, 2.45) is 4.99 Å². The fourth-order valence-electron chi connectivity index (χ4n) is 3.89. The molecule has 0 spiro atoms. The zero-order valence-corrected chi connectivity index (χ0v) is 23.1. The SMILES string of the molecule is CCOC(=O)c1ccc(N=C2S[C@H](CC(=O)Nc3ccccc3Cl)C(=O)N2CCc2ccc(OC)cc2)cc1. The van der Waals surface area contributed by atoms with Gasteiger partial charge in [-0.1, -0.05) is 47.6 Å². The highest BCUT2D eigenvalue weighted by Crippen LogP contribution is 2.32. The first-order valence-corrected chi connectivity index (χ1v) is 13.6. The molecule has 1 atom stereocenters. The lowest BCUT2D eigenvalue weighted by Gasteiger charge is -2.17. The maximum absolute atomic E-state index is 13.4. The molecule has 1 N–H and O–H groups in total. The van der Waals surface area contributed by atoms with Crippen molar-refractivity contribution in [3.8, 4) is 5.75 Å². The zero-order chi connectivity index (χ0) is 27.8. The van der Waals surface area contributed by atoms with Crippen LogP contribution in [-0.4, -0.2) is 53.4 Å². The fraction of sp³-hybridized carbons (Fsp3) is 0.241. The van der Waals surface area contributed by atoms with Crippen LogP contribution in [-0.2, 0) is 20.7 Å². The van der Waals surface area contributed by atoms with Crippen LogP contribution in [0.4, 0.5) is 11.4 Å². The van der Waals surface area contributed by atoms with Gasteiger partial charge in [0.15, 0.2) is 5.17 Å². The molecule has 0 bridgehead atoms. The number of hydrogen-bond acceptors (Lipinski definition) is 7. The molecule has 2 amide bonds. The molecular formula is C29H28ClN3O5S. The van der Waals surface area contributed by atoms with Gasteiger partial charge in [-0.25, -0.2) is 9.79 Å². The summed E-state index contributed by atoms with van der Waals surface area (Å²) < 4.78 is 10.3. The first kappa shape index (κ1) is 28.2. The standard InChI is InChI=1S/C29H28ClN3O5S/c1-3-38-28(36)20-10-12-21(13-11-20)31-29-33(17-16-19-8-14-22(37-2)15-9-19)27(35)25(39-29)18-26(34)32-24-7-5-4-6-23(24)30/h4-15,25H,3,16-18H2,1-2H3,(H,32,34)/t25-/m1/s1. The van der Waals surface area contributed by atoms with Gasteiger partial charge in [-0.2, -0.15) is 0 Å². The van der Waals surface area contributed by atoms with E-state index in [0.29, 0.717) is 40.1 Å². The lowest BCUT2D eigenvalue weighted by Crippen LogP contribution is -2.35. The number of aliphatic imine (C=N–C) groups is 1. The topological polar surface area (TPSA) is 97.3 Å². The summed E-state index contributed by atoms with van der Waals surface area (Å²) in [5, 5.41) is 3.06. The van der Waals surface area contributed by atoms with E-state index in [1.807, 2.05) is 24.3 Å². The number of esters is 1. The van der Waals surface area contributed by atoms with E-state index in [9.17, 15) is 14.4 Å². The third kappa shape index (κ3) is 7.40. The van der Waals surface area contributed by atoms with Crippen molar-refractivity contribution in [1.29, 1.82) is 0 Å². The number of nitrogens with one attached hydrogen (secondary N) is 1. The summed E-state index contributed by atoms with van der Waals surface area (Å²) in [6, 6.07) is 21.3. The van der Waals surface area contributed by atoms with Crippen LogP contribution in [0, 0.1) is 0 Å². The number of nitrogens with zero attached hydrogens (tertiary/aromatic N) is 2. The monoisotopic (exact) mass is 565 g/mol. The molecule has 1 saturated heterocycles. The summed E-state index contributed by atoms with van der Waals surface area (Å²) in [7, 11) is 1.61. The van der Waals surface area contributed by atoms with E-state index in [1.165, 1.54) is 11.8 Å². The second kappa shape index (κ2) is 13.3. The number of amidine groups is 1. The summed E-state index contributed by atoms with van der Waals surface area (Å²) in [6.45, 7) is 2.43. The number of methoxy groups -OCH3 is 1. The van der Waals surface area contributed by atoms with Crippen LogP contribution >= 0.6 is 23.4 Å². The van der Waals surface area contributed by atoms with Crippen molar-refractivity contribution in [1.82, 2.24) is 4.90 Å². The zero-order valence-electron chi connectivity index (χ0n) is 21.6. The number of para-hydroxylation sites is 1. The van der Waals surface area contributed by atoms with Crippen molar-refractivity contribution in [2.45, 2.75) is 25.0 Å². The first-order valence-electron chi connectivity index (χ1n) is 12.4. The largest absolute Gasteiger partial charge is 0.497 e. The molecule has 0 unspecified atom stereocenters. The van der Waals surface area contributed by atoms with Crippen LogP contribution in [0.2, 0.25) is 5.02 Å². The third-order valence-corrected chi connectivity index (χ3v) is 7.43. The number of rotatable bonds is 10. The summed E-state index contributed by atoms with van der Waals surface area (Å²) in [4.78, 5) is 44.5. The van der Waals surface area contributed by atoms with Gasteiger partial charge in [-0.05, 0) is 67.4 Å². The highest BCUT2D eigenvalue weighted by atomic mass is 35.5. The molecule has 10 heteroatoms. The van der Waals surface area contributed by atoms with Gasteiger partial charge in [0.25, 0.3) is 0 Å². The number of carbonyl (C=O) groups is 3. The number of thioether (sulfide) groups is 1. The van der Waals surface area contributed by atoms with E-state index in [1.54, 1.807) is 67.5 Å². The van der Waals surface area contributed by atoms with Crippen molar-refractivity contribution in [2.75, 3.05) is 25.6 Å². The summed E-state index contributed by atoms with van der Waals surface area (Å²) in [6.07, 6.45) is 0.560. The Kier molecular flexibility index (Phi) is 9.62. The number of anilines is 1. The predicted octanol–water partition coefficient (Wildman–Crippen LogP) is 5.73. The molecule has 8 nitrogen and oxygen atoms in total. The van der Waals surface area contributed by atoms with Crippen LogP contribution in [0.15, 0.2) is 77.8 Å². The van der Waals surface area contributed by atoms with Gasteiger partial charge < -0.3 is 14.8 Å². The van der Waals surface area contributed by atoms with Crippen molar-refractivity contribution in [3.63, 3.8) is 0 Å². The summed E-state index contributed by atoms with van der Waals surface area (Å²) in [5.41, 5.74) is 2.52. The molecule has 4 rings (SSSR count). The fourth-order valence-corrected chi connectivity index (χ4v) is 5.26. The minimum Gasteiger partial charge on any atom is -0.497 e. The minimum absolute atomic E-state index is 0.0332. The molecule has 1 aliphatic heterocycles. The lowest BCUT2D eigenvalue weighted by atomic mass is 10.1. The Hall–Kier alpha value is -3.82. The molecule has 0 aliphatic carbocycles. The van der Waals surface area contributed by atoms with Crippen LogP contribution in [0.3, 0.4) is 0 Å². The average molecular weight is 566 g/mol. The van der Waals surface area contributed by atoms with Crippen LogP contribution in [0.25, 0.3) is 0 Å². The Bertz CT molecular complexity index is 1360.